The Hall–Kier alpha value is -6.55. The number of H-pyrrole nitrogens is 1. The summed E-state index contributed by atoms with van der Waals surface area (Å²) in [6.07, 6.45) is 3.38. The molecule has 0 saturated carbocycles. The lowest BCUT2D eigenvalue weighted by atomic mass is 9.99. The summed E-state index contributed by atoms with van der Waals surface area (Å²) >= 11 is 0. The van der Waals surface area contributed by atoms with Gasteiger partial charge in [-0.2, -0.15) is 0 Å². The zero-order chi connectivity index (χ0) is 44.1. The smallest absolute Gasteiger partial charge is 0.407 e. The first-order chi connectivity index (χ1) is 29.9. The molecule has 326 valence electrons. The van der Waals surface area contributed by atoms with E-state index in [1.165, 1.54) is 14.2 Å². The van der Waals surface area contributed by atoms with Crippen LogP contribution in [0.3, 0.4) is 0 Å². The molecular formula is C46H55N9O7. The third-order valence-corrected chi connectivity index (χ3v) is 11.9. The van der Waals surface area contributed by atoms with Crippen LogP contribution in [0.5, 0.6) is 0 Å². The summed E-state index contributed by atoms with van der Waals surface area (Å²) in [6.45, 7) is 8.37. The largest absolute Gasteiger partial charge is 0.453 e. The number of aromatic amines is 1. The van der Waals surface area contributed by atoms with Crippen molar-refractivity contribution < 1.29 is 33.4 Å². The molecule has 3 aromatic carbocycles. The highest BCUT2D eigenvalue weighted by Gasteiger charge is 2.45. The number of methoxy groups -OCH3 is 2. The van der Waals surface area contributed by atoms with Crippen molar-refractivity contribution in [2.75, 3.05) is 34.0 Å². The van der Waals surface area contributed by atoms with E-state index in [1.54, 1.807) is 45.2 Å². The second-order valence-electron chi connectivity index (χ2n) is 16.6. The topological polar surface area (TPSA) is 191 Å². The number of hydrogen-bond acceptors (Lipinski definition) is 10. The Kier molecular flexibility index (Phi) is 13.4. The van der Waals surface area contributed by atoms with Crippen molar-refractivity contribution in [3.63, 3.8) is 0 Å². The molecule has 62 heavy (non-hydrogen) atoms. The molecule has 16 nitrogen and oxygen atoms in total. The SMILES string of the molecule is COC(=O)NC(C(=O)N1CCCC1c1ncc(-c2ccc(-c3ccc(C4C=NC(C5CN(C(=O)c6ccccc6)CN5C(=O)C(NC(=O)OC)C(C)C)N4)cc3)cc2)[nH]1)C(C)C. The van der Waals surface area contributed by atoms with E-state index in [4.69, 9.17) is 14.5 Å². The van der Waals surface area contributed by atoms with Gasteiger partial charge in [0.25, 0.3) is 5.91 Å². The normalized spacial score (nSPS) is 20.7. The maximum Gasteiger partial charge on any atom is 0.407 e. The van der Waals surface area contributed by atoms with E-state index < -0.39 is 36.5 Å². The van der Waals surface area contributed by atoms with Crippen molar-refractivity contribution in [2.45, 2.75) is 76.9 Å². The van der Waals surface area contributed by atoms with E-state index in [0.717, 1.165) is 40.8 Å². The van der Waals surface area contributed by atoms with Gasteiger partial charge in [-0.05, 0) is 59.1 Å². The van der Waals surface area contributed by atoms with E-state index in [2.05, 4.69) is 50.2 Å². The van der Waals surface area contributed by atoms with Gasteiger partial charge in [-0.15, -0.1) is 0 Å². The van der Waals surface area contributed by atoms with Crippen LogP contribution in [0.2, 0.25) is 0 Å². The molecule has 2 fully saturated rings. The number of carbonyl (C=O) groups is 5. The Morgan fingerprint density at radius 2 is 1.34 bits per heavy atom. The highest BCUT2D eigenvalue weighted by Crippen LogP contribution is 2.34. The third-order valence-electron chi connectivity index (χ3n) is 11.9. The average Bonchev–Trinajstić information content (AvgIpc) is 4.14. The molecule has 4 aromatic rings. The van der Waals surface area contributed by atoms with Crippen molar-refractivity contribution in [3.05, 3.63) is 102 Å². The van der Waals surface area contributed by atoms with E-state index in [-0.39, 0.29) is 54.9 Å². The van der Waals surface area contributed by atoms with Crippen molar-refractivity contribution in [1.82, 2.24) is 40.6 Å². The molecule has 4 N–H and O–H groups in total. The minimum atomic E-state index is -0.863. The maximum atomic E-state index is 14.1. The number of ether oxygens (including phenoxy) is 2. The minimum absolute atomic E-state index is 0.0489. The molecule has 16 heteroatoms. The lowest BCUT2D eigenvalue weighted by Gasteiger charge is -2.32. The highest BCUT2D eigenvalue weighted by atomic mass is 16.5. The van der Waals surface area contributed by atoms with Crippen LogP contribution < -0.4 is 16.0 Å². The third kappa shape index (κ3) is 9.34. The van der Waals surface area contributed by atoms with E-state index in [0.29, 0.717) is 17.9 Å². The van der Waals surface area contributed by atoms with Crippen LogP contribution >= 0.6 is 0 Å². The highest BCUT2D eigenvalue weighted by molar-refractivity contribution is 5.95. The van der Waals surface area contributed by atoms with Gasteiger partial charge in [0.15, 0.2) is 0 Å². The van der Waals surface area contributed by atoms with Gasteiger partial charge < -0.3 is 39.8 Å². The van der Waals surface area contributed by atoms with Crippen molar-refractivity contribution in [1.29, 1.82) is 0 Å². The monoisotopic (exact) mass is 845 g/mol. The standard InChI is InChI=1S/C46H55N9O7/c1-27(2)38(51-45(59)61-5)43(57)54-22-10-13-36(54)40-47-23-34(49-40)31-18-14-29(15-19-31)30-16-20-32(21-17-30)35-24-48-41(50-35)37-25-53(42(56)33-11-8-7-9-12-33)26-55(37)44(58)39(28(3)4)52-46(60)62-6/h7-9,11-12,14-21,23-24,27-28,35-39,41,50H,10,13,22,25-26H2,1-6H3,(H,47,49)(H,51,59)(H,52,60). The predicted octanol–water partition coefficient (Wildman–Crippen LogP) is 5.52. The number of alkyl carbamates (subject to hydrolysis) is 2. The van der Waals surface area contributed by atoms with Crippen LogP contribution in [0.1, 0.15) is 74.4 Å². The van der Waals surface area contributed by atoms with Gasteiger partial charge in [-0.25, -0.2) is 14.6 Å². The number of benzene rings is 3. The zero-order valence-corrected chi connectivity index (χ0v) is 35.9. The Morgan fingerprint density at radius 3 is 1.94 bits per heavy atom. The van der Waals surface area contributed by atoms with Crippen LogP contribution in [0.15, 0.2) is 90.1 Å². The molecule has 0 bridgehead atoms. The first-order valence-corrected chi connectivity index (χ1v) is 21.1. The van der Waals surface area contributed by atoms with Crippen molar-refractivity contribution in [2.24, 2.45) is 16.8 Å². The summed E-state index contributed by atoms with van der Waals surface area (Å²) in [5.41, 5.74) is 5.35. The number of nitrogens with zero attached hydrogens (tertiary/aromatic N) is 5. The maximum absolute atomic E-state index is 14.1. The molecule has 1 aromatic heterocycles. The number of imidazole rings is 1. The summed E-state index contributed by atoms with van der Waals surface area (Å²) in [5.74, 6) is -0.318. The van der Waals surface area contributed by atoms with Crippen molar-refractivity contribution in [3.8, 4) is 22.4 Å². The summed E-state index contributed by atoms with van der Waals surface area (Å²) in [4.78, 5) is 83.5. The Labute approximate surface area is 361 Å². The molecule has 3 aliphatic rings. The number of rotatable bonds is 12. The van der Waals surface area contributed by atoms with Crippen LogP contribution in [0, 0.1) is 11.8 Å². The number of aliphatic imine (C=N–C) groups is 1. The Balaban J connectivity index is 1.01. The molecular weight excluding hydrogens is 791 g/mol. The van der Waals surface area contributed by atoms with E-state index >= 15 is 0 Å². The molecule has 0 aliphatic carbocycles. The van der Waals surface area contributed by atoms with E-state index in [1.807, 2.05) is 64.2 Å². The van der Waals surface area contributed by atoms with Gasteiger partial charge in [0.1, 0.15) is 24.1 Å². The summed E-state index contributed by atoms with van der Waals surface area (Å²) < 4.78 is 9.57. The molecule has 3 aliphatic heterocycles. The lowest BCUT2D eigenvalue weighted by Crippen LogP contribution is -2.56. The molecule has 4 heterocycles. The molecule has 5 amide bonds. The number of carbonyl (C=O) groups excluding carboxylic acids is 5. The minimum Gasteiger partial charge on any atom is -0.453 e. The number of aromatic nitrogens is 2. The molecule has 7 rings (SSSR count). The number of likely N-dealkylation sites (tertiary alicyclic amines) is 1. The van der Waals surface area contributed by atoms with Crippen molar-refractivity contribution >= 4 is 36.1 Å². The fourth-order valence-electron chi connectivity index (χ4n) is 8.38. The predicted molar refractivity (Wildman–Crippen MR) is 233 cm³/mol. The van der Waals surface area contributed by atoms with Gasteiger partial charge >= 0.3 is 12.2 Å². The van der Waals surface area contributed by atoms with Crippen LogP contribution in [-0.2, 0) is 19.1 Å². The van der Waals surface area contributed by atoms with Gasteiger partial charge in [-0.3, -0.25) is 24.7 Å². The first-order valence-electron chi connectivity index (χ1n) is 21.1. The van der Waals surface area contributed by atoms with Crippen LogP contribution in [0.4, 0.5) is 9.59 Å². The van der Waals surface area contributed by atoms with Gasteiger partial charge in [0, 0.05) is 24.9 Å². The first kappa shape index (κ1) is 43.5. The molecule has 6 atom stereocenters. The molecule has 2 saturated heterocycles. The fraction of sp³-hybridized carbons (Fsp3) is 0.413. The van der Waals surface area contributed by atoms with Gasteiger partial charge in [-0.1, -0.05) is 94.4 Å². The summed E-state index contributed by atoms with van der Waals surface area (Å²) in [5, 5.41) is 8.94. The second kappa shape index (κ2) is 19.0. The van der Waals surface area contributed by atoms with Crippen LogP contribution in [-0.4, -0.2) is 119 Å². The van der Waals surface area contributed by atoms with Gasteiger partial charge in [0.05, 0.1) is 50.9 Å². The Morgan fingerprint density at radius 1 is 0.758 bits per heavy atom. The quantitative estimate of drug-likeness (QED) is 0.142. The molecule has 0 spiro atoms. The molecule has 6 unspecified atom stereocenters. The Bertz CT molecular complexity index is 2260. The summed E-state index contributed by atoms with van der Waals surface area (Å²) in [7, 11) is 2.54. The van der Waals surface area contributed by atoms with E-state index in [9.17, 15) is 24.0 Å². The number of nitrogens with one attached hydrogen (secondary N) is 4. The van der Waals surface area contributed by atoms with Crippen LogP contribution in [0.25, 0.3) is 22.4 Å². The number of hydrogen-bond donors (Lipinski definition) is 4. The van der Waals surface area contributed by atoms with Gasteiger partial charge in [0.2, 0.25) is 11.8 Å². The fourth-order valence-corrected chi connectivity index (χ4v) is 8.38. The number of amides is 5. The summed E-state index contributed by atoms with van der Waals surface area (Å²) in [6, 6.07) is 22.8. The average molecular weight is 846 g/mol. The molecule has 0 radical (unpaired) electrons. The second-order valence-corrected chi connectivity index (χ2v) is 16.6. The zero-order valence-electron chi connectivity index (χ0n) is 35.9. The lowest BCUT2D eigenvalue weighted by molar-refractivity contribution is -0.136.